The molecule has 0 bridgehead atoms. The second-order valence-corrected chi connectivity index (χ2v) is 10.1. The number of carbonyl (C=O) groups excluding carboxylic acids is 2. The van der Waals surface area contributed by atoms with Crippen LogP contribution in [-0.4, -0.2) is 50.6 Å². The van der Waals surface area contributed by atoms with E-state index in [0.29, 0.717) is 36.0 Å². The molecule has 2 aromatic carbocycles. The normalized spacial score (nSPS) is 16.2. The summed E-state index contributed by atoms with van der Waals surface area (Å²) in [6, 6.07) is 18.2. The number of nitrogens with one attached hydrogen (secondary N) is 1. The molecule has 38 heavy (non-hydrogen) atoms. The van der Waals surface area contributed by atoms with Crippen molar-refractivity contribution in [2.45, 2.75) is 51.3 Å². The minimum absolute atomic E-state index is 0.0102. The van der Waals surface area contributed by atoms with E-state index in [0.717, 1.165) is 23.9 Å². The Hall–Kier alpha value is -3.98. The number of carbonyl (C=O) groups is 2. The first-order chi connectivity index (χ1) is 18.4. The van der Waals surface area contributed by atoms with Gasteiger partial charge in [-0.2, -0.15) is 0 Å². The van der Waals surface area contributed by atoms with Crippen LogP contribution in [0.5, 0.6) is 0 Å². The molecule has 2 aromatic heterocycles. The van der Waals surface area contributed by atoms with Crippen molar-refractivity contribution in [3.63, 3.8) is 0 Å². The third kappa shape index (κ3) is 5.33. The first-order valence-electron chi connectivity index (χ1n) is 13.1. The number of nitrogens with zero attached hydrogens (tertiary/aromatic N) is 5. The van der Waals surface area contributed by atoms with Crippen LogP contribution in [0.25, 0.3) is 11.0 Å². The number of amides is 2. The standard InChI is InChI=1S/C29H34N6O3/c1-20(2)21-12-14-22(15-13-21)35(27(36)19-34-25-10-5-4-9-24(25)31-32-34)28(26-11-6-16-33(26)3)29(37)30-18-23-8-7-17-38-23/h4-6,9-16,20,23,28H,7-8,17-19H2,1-3H3,(H,30,37)/t23-,28-/m0/s1. The Balaban J connectivity index is 1.53. The SMILES string of the molecule is CC(C)c1ccc(N(C(=O)Cn2nnc3ccccc32)[C@H](C(=O)NC[C@@H]2CCCO2)c2cccn2C)cc1. The molecule has 1 aliphatic heterocycles. The lowest BCUT2D eigenvalue weighted by atomic mass is 10.0. The second-order valence-electron chi connectivity index (χ2n) is 10.1. The molecular formula is C29H34N6O3. The number of para-hydroxylation sites is 1. The van der Waals surface area contributed by atoms with Crippen LogP contribution >= 0.6 is 0 Å². The average molecular weight is 515 g/mol. The molecular weight excluding hydrogens is 480 g/mol. The molecule has 4 aromatic rings. The molecule has 0 aliphatic carbocycles. The number of rotatable bonds is 9. The highest BCUT2D eigenvalue weighted by Gasteiger charge is 2.35. The lowest BCUT2D eigenvalue weighted by Crippen LogP contribution is -2.47. The van der Waals surface area contributed by atoms with E-state index in [-0.39, 0.29) is 24.5 Å². The molecule has 198 valence electrons. The van der Waals surface area contributed by atoms with Crippen molar-refractivity contribution >= 4 is 28.5 Å². The fourth-order valence-corrected chi connectivity index (χ4v) is 4.95. The molecule has 1 saturated heterocycles. The van der Waals surface area contributed by atoms with Gasteiger partial charge in [0.05, 0.1) is 17.3 Å². The van der Waals surface area contributed by atoms with Gasteiger partial charge in [0.25, 0.3) is 0 Å². The van der Waals surface area contributed by atoms with Gasteiger partial charge in [-0.05, 0) is 60.7 Å². The molecule has 9 heteroatoms. The molecule has 9 nitrogen and oxygen atoms in total. The van der Waals surface area contributed by atoms with Gasteiger partial charge in [-0.25, -0.2) is 4.68 Å². The van der Waals surface area contributed by atoms with E-state index >= 15 is 0 Å². The van der Waals surface area contributed by atoms with Crippen molar-refractivity contribution in [1.29, 1.82) is 0 Å². The van der Waals surface area contributed by atoms with E-state index in [2.05, 4.69) is 29.5 Å². The average Bonchev–Trinajstić information content (AvgIpc) is 3.68. The van der Waals surface area contributed by atoms with E-state index < -0.39 is 6.04 Å². The summed E-state index contributed by atoms with van der Waals surface area (Å²) in [5.41, 5.74) is 3.97. The number of aryl methyl sites for hydroxylation is 1. The first kappa shape index (κ1) is 25.7. The molecule has 0 unspecified atom stereocenters. The minimum Gasteiger partial charge on any atom is -0.376 e. The van der Waals surface area contributed by atoms with Gasteiger partial charge >= 0.3 is 0 Å². The van der Waals surface area contributed by atoms with E-state index in [4.69, 9.17) is 4.74 Å². The number of anilines is 1. The highest BCUT2D eigenvalue weighted by molar-refractivity contribution is 6.01. The molecule has 0 radical (unpaired) electrons. The number of ether oxygens (including phenoxy) is 1. The van der Waals surface area contributed by atoms with Crippen molar-refractivity contribution in [2.75, 3.05) is 18.1 Å². The molecule has 0 saturated carbocycles. The first-order valence-corrected chi connectivity index (χ1v) is 13.1. The maximum Gasteiger partial charge on any atom is 0.249 e. The molecule has 1 N–H and O–H groups in total. The summed E-state index contributed by atoms with van der Waals surface area (Å²) >= 11 is 0. The van der Waals surface area contributed by atoms with Gasteiger partial charge in [0.15, 0.2) is 6.04 Å². The van der Waals surface area contributed by atoms with Crippen molar-refractivity contribution < 1.29 is 14.3 Å². The van der Waals surface area contributed by atoms with E-state index in [1.165, 1.54) is 0 Å². The zero-order chi connectivity index (χ0) is 26.6. The fourth-order valence-electron chi connectivity index (χ4n) is 4.95. The number of fused-ring (bicyclic) bond motifs is 1. The summed E-state index contributed by atoms with van der Waals surface area (Å²) in [7, 11) is 1.88. The molecule has 2 atom stereocenters. The maximum atomic E-state index is 14.1. The second kappa shape index (κ2) is 11.2. The van der Waals surface area contributed by atoms with Gasteiger partial charge in [-0.3, -0.25) is 14.5 Å². The monoisotopic (exact) mass is 514 g/mol. The van der Waals surface area contributed by atoms with Gasteiger partial charge in [0, 0.05) is 32.1 Å². The number of hydrogen-bond donors (Lipinski definition) is 1. The Morgan fingerprint density at radius 3 is 2.58 bits per heavy atom. The zero-order valence-electron chi connectivity index (χ0n) is 22.1. The molecule has 3 heterocycles. The van der Waals surface area contributed by atoms with Gasteiger partial charge in [0.2, 0.25) is 11.8 Å². The summed E-state index contributed by atoms with van der Waals surface area (Å²) in [4.78, 5) is 29.5. The van der Waals surface area contributed by atoms with Gasteiger partial charge in [-0.1, -0.05) is 43.3 Å². The van der Waals surface area contributed by atoms with Crippen LogP contribution in [0.1, 0.15) is 49.9 Å². The van der Waals surface area contributed by atoms with Crippen LogP contribution in [-0.2, 0) is 27.9 Å². The highest BCUT2D eigenvalue weighted by atomic mass is 16.5. The third-order valence-electron chi connectivity index (χ3n) is 7.11. The van der Waals surface area contributed by atoms with Crippen molar-refractivity contribution in [3.8, 4) is 0 Å². The Bertz CT molecular complexity index is 1400. The number of aromatic nitrogens is 4. The molecule has 0 spiro atoms. The Kier molecular flexibility index (Phi) is 7.55. The summed E-state index contributed by atoms with van der Waals surface area (Å²) in [5.74, 6) is -0.184. The van der Waals surface area contributed by atoms with Crippen LogP contribution in [0, 0.1) is 0 Å². The van der Waals surface area contributed by atoms with E-state index in [1.807, 2.05) is 78.5 Å². The smallest absolute Gasteiger partial charge is 0.249 e. The molecule has 2 amide bonds. The minimum atomic E-state index is -0.886. The molecule has 5 rings (SSSR count). The Morgan fingerprint density at radius 2 is 1.89 bits per heavy atom. The summed E-state index contributed by atoms with van der Waals surface area (Å²) < 4.78 is 9.18. The predicted octanol–water partition coefficient (Wildman–Crippen LogP) is 3.96. The topological polar surface area (TPSA) is 94.3 Å². The van der Waals surface area contributed by atoms with Crippen LogP contribution in [0.2, 0.25) is 0 Å². The van der Waals surface area contributed by atoms with Crippen LogP contribution in [0.3, 0.4) is 0 Å². The maximum absolute atomic E-state index is 14.1. The lowest BCUT2D eigenvalue weighted by molar-refractivity contribution is -0.127. The largest absolute Gasteiger partial charge is 0.376 e. The molecule has 1 fully saturated rings. The lowest BCUT2D eigenvalue weighted by Gasteiger charge is -2.32. The predicted molar refractivity (Wildman–Crippen MR) is 146 cm³/mol. The fraction of sp³-hybridized carbons (Fsp3) is 0.379. The van der Waals surface area contributed by atoms with Gasteiger partial charge in [0.1, 0.15) is 12.1 Å². The van der Waals surface area contributed by atoms with Gasteiger partial charge < -0.3 is 14.6 Å². The van der Waals surface area contributed by atoms with Crippen molar-refractivity contribution in [3.05, 3.63) is 78.1 Å². The quantitative estimate of drug-likeness (QED) is 0.365. The van der Waals surface area contributed by atoms with Crippen LogP contribution in [0.4, 0.5) is 5.69 Å². The summed E-state index contributed by atoms with van der Waals surface area (Å²) in [6.07, 6.45) is 3.77. The Morgan fingerprint density at radius 1 is 1.11 bits per heavy atom. The number of hydrogen-bond acceptors (Lipinski definition) is 5. The van der Waals surface area contributed by atoms with E-state index in [1.54, 1.807) is 9.58 Å². The summed E-state index contributed by atoms with van der Waals surface area (Å²) in [6.45, 7) is 5.30. The Labute approximate surface area is 222 Å². The van der Waals surface area contributed by atoms with Gasteiger partial charge in [-0.15, -0.1) is 5.10 Å². The highest BCUT2D eigenvalue weighted by Crippen LogP contribution is 2.30. The molecule has 1 aliphatic rings. The zero-order valence-corrected chi connectivity index (χ0v) is 22.1. The van der Waals surface area contributed by atoms with Crippen LogP contribution < -0.4 is 10.2 Å². The number of benzene rings is 2. The van der Waals surface area contributed by atoms with Crippen molar-refractivity contribution in [1.82, 2.24) is 24.9 Å². The van der Waals surface area contributed by atoms with Crippen molar-refractivity contribution in [2.24, 2.45) is 7.05 Å². The third-order valence-corrected chi connectivity index (χ3v) is 7.11. The van der Waals surface area contributed by atoms with Crippen LogP contribution in [0.15, 0.2) is 66.9 Å². The van der Waals surface area contributed by atoms with E-state index in [9.17, 15) is 9.59 Å². The summed E-state index contributed by atoms with van der Waals surface area (Å²) in [5, 5.41) is 11.5.